The van der Waals surface area contributed by atoms with E-state index in [2.05, 4.69) is 20.4 Å². The molecule has 102 valence electrons. The minimum atomic E-state index is 0.388. The zero-order valence-corrected chi connectivity index (χ0v) is 11.0. The number of aryl methyl sites for hydroxylation is 1. The van der Waals surface area contributed by atoms with Crippen LogP contribution < -0.4 is 5.32 Å². The van der Waals surface area contributed by atoms with Gasteiger partial charge in [0.15, 0.2) is 5.58 Å². The first kappa shape index (κ1) is 11.6. The van der Waals surface area contributed by atoms with Gasteiger partial charge < -0.3 is 9.73 Å². The number of aromatic nitrogens is 4. The molecule has 0 unspecified atom stereocenters. The fourth-order valence-electron chi connectivity index (χ4n) is 2.63. The number of para-hydroxylation sites is 2. The molecule has 3 aromatic rings. The maximum absolute atomic E-state index is 5.71. The van der Waals surface area contributed by atoms with Gasteiger partial charge in [-0.2, -0.15) is 5.10 Å². The summed E-state index contributed by atoms with van der Waals surface area (Å²) in [5.41, 5.74) is 1.75. The lowest BCUT2D eigenvalue weighted by Crippen LogP contribution is -2.37. The van der Waals surface area contributed by atoms with Crippen molar-refractivity contribution >= 4 is 11.1 Å². The van der Waals surface area contributed by atoms with Gasteiger partial charge in [0.1, 0.15) is 17.7 Å². The van der Waals surface area contributed by atoms with Crippen LogP contribution in [0.25, 0.3) is 11.1 Å². The average molecular weight is 269 g/mol. The second-order valence-electron chi connectivity index (χ2n) is 5.05. The summed E-state index contributed by atoms with van der Waals surface area (Å²) in [6, 6.07) is 8.21. The minimum absolute atomic E-state index is 0.388. The number of hydrogen-bond donors (Lipinski definition) is 1. The molecule has 0 spiro atoms. The van der Waals surface area contributed by atoms with Crippen LogP contribution in [-0.4, -0.2) is 25.8 Å². The normalized spacial score (nSPS) is 18.3. The van der Waals surface area contributed by atoms with Crippen molar-refractivity contribution in [1.82, 2.24) is 25.1 Å². The van der Waals surface area contributed by atoms with E-state index in [1.54, 1.807) is 6.33 Å². The third-order valence-electron chi connectivity index (χ3n) is 3.69. The predicted molar refractivity (Wildman–Crippen MR) is 73.0 cm³/mol. The summed E-state index contributed by atoms with van der Waals surface area (Å²) in [5.74, 6) is 1.81. The van der Waals surface area contributed by atoms with Crippen molar-refractivity contribution in [1.29, 1.82) is 0 Å². The average Bonchev–Trinajstić information content (AvgIpc) is 3.10. The third-order valence-corrected chi connectivity index (χ3v) is 3.69. The number of rotatable bonds is 3. The van der Waals surface area contributed by atoms with E-state index in [4.69, 9.17) is 4.42 Å². The number of nitrogens with one attached hydrogen (secondary N) is 1. The molecule has 1 aliphatic heterocycles. The molecule has 2 aromatic heterocycles. The molecule has 0 aliphatic carbocycles. The Hall–Kier alpha value is -2.21. The molecule has 0 saturated heterocycles. The number of fused-ring (bicyclic) bond motifs is 2. The summed E-state index contributed by atoms with van der Waals surface area (Å²) in [7, 11) is 0. The molecule has 0 saturated carbocycles. The van der Waals surface area contributed by atoms with Crippen molar-refractivity contribution < 1.29 is 4.42 Å². The molecule has 0 bridgehead atoms. The second kappa shape index (κ2) is 4.72. The molecule has 1 aromatic carbocycles. The number of oxazole rings is 1. The van der Waals surface area contributed by atoms with Crippen molar-refractivity contribution in [3.8, 4) is 0 Å². The Labute approximate surface area is 115 Å². The second-order valence-corrected chi connectivity index (χ2v) is 5.05. The van der Waals surface area contributed by atoms with Crippen molar-refractivity contribution in [2.45, 2.75) is 32.0 Å². The van der Waals surface area contributed by atoms with Gasteiger partial charge in [-0.3, -0.25) is 0 Å². The largest absolute Gasteiger partial charge is 0.439 e. The van der Waals surface area contributed by atoms with E-state index in [0.717, 1.165) is 42.2 Å². The number of nitrogens with zero attached hydrogens (tertiary/aromatic N) is 4. The smallest absolute Gasteiger partial charge is 0.209 e. The Morgan fingerprint density at radius 1 is 1.35 bits per heavy atom. The van der Waals surface area contributed by atoms with E-state index in [-0.39, 0.29) is 0 Å². The fourth-order valence-corrected chi connectivity index (χ4v) is 2.63. The van der Waals surface area contributed by atoms with E-state index in [0.29, 0.717) is 12.6 Å². The molecule has 1 N–H and O–H groups in total. The Kier molecular flexibility index (Phi) is 2.74. The highest BCUT2D eigenvalue weighted by Crippen LogP contribution is 2.16. The van der Waals surface area contributed by atoms with Crippen LogP contribution in [0.2, 0.25) is 0 Å². The third kappa shape index (κ3) is 2.08. The van der Waals surface area contributed by atoms with Crippen LogP contribution in [0.5, 0.6) is 0 Å². The molecular weight excluding hydrogens is 254 g/mol. The monoisotopic (exact) mass is 269 g/mol. The first-order valence-corrected chi connectivity index (χ1v) is 6.83. The first-order chi connectivity index (χ1) is 9.88. The van der Waals surface area contributed by atoms with Crippen LogP contribution in [0.1, 0.15) is 18.1 Å². The quantitative estimate of drug-likeness (QED) is 0.780. The van der Waals surface area contributed by atoms with E-state index >= 15 is 0 Å². The van der Waals surface area contributed by atoms with Gasteiger partial charge >= 0.3 is 0 Å². The van der Waals surface area contributed by atoms with Gasteiger partial charge in [0.2, 0.25) is 5.89 Å². The highest BCUT2D eigenvalue weighted by Gasteiger charge is 2.19. The van der Waals surface area contributed by atoms with Gasteiger partial charge in [-0.25, -0.2) is 14.6 Å². The van der Waals surface area contributed by atoms with Crippen LogP contribution in [0.3, 0.4) is 0 Å². The molecule has 0 fully saturated rings. The van der Waals surface area contributed by atoms with Gasteiger partial charge in [-0.1, -0.05) is 12.1 Å². The van der Waals surface area contributed by atoms with E-state index in [1.807, 2.05) is 28.9 Å². The zero-order valence-electron chi connectivity index (χ0n) is 11.0. The summed E-state index contributed by atoms with van der Waals surface area (Å²) >= 11 is 0. The highest BCUT2D eigenvalue weighted by molar-refractivity contribution is 5.72. The molecule has 6 heteroatoms. The van der Waals surface area contributed by atoms with Gasteiger partial charge in [-0.15, -0.1) is 0 Å². The Morgan fingerprint density at radius 2 is 2.30 bits per heavy atom. The topological polar surface area (TPSA) is 68.8 Å². The Bertz CT molecular complexity index is 699. The van der Waals surface area contributed by atoms with E-state index < -0.39 is 0 Å². The molecule has 3 heterocycles. The van der Waals surface area contributed by atoms with Gasteiger partial charge in [0, 0.05) is 12.5 Å². The lowest BCUT2D eigenvalue weighted by Gasteiger charge is -2.22. The van der Waals surface area contributed by atoms with Crippen molar-refractivity contribution in [2.24, 2.45) is 0 Å². The molecule has 0 radical (unpaired) electrons. The molecule has 0 amide bonds. The van der Waals surface area contributed by atoms with Gasteiger partial charge in [-0.05, 0) is 18.6 Å². The van der Waals surface area contributed by atoms with E-state index in [1.165, 1.54) is 0 Å². The summed E-state index contributed by atoms with van der Waals surface area (Å²) in [5, 5.41) is 7.71. The minimum Gasteiger partial charge on any atom is -0.439 e. The van der Waals surface area contributed by atoms with Crippen LogP contribution in [-0.2, 0) is 19.5 Å². The maximum atomic E-state index is 5.71. The number of benzene rings is 1. The van der Waals surface area contributed by atoms with E-state index in [9.17, 15) is 0 Å². The first-order valence-electron chi connectivity index (χ1n) is 6.83. The van der Waals surface area contributed by atoms with Crippen molar-refractivity contribution in [3.05, 3.63) is 42.3 Å². The molecular formula is C14H15N5O. The lowest BCUT2D eigenvalue weighted by atomic mass is 10.1. The van der Waals surface area contributed by atoms with Crippen LogP contribution in [0.15, 0.2) is 35.0 Å². The SMILES string of the molecule is c1ccc2oc(CN[C@@H]3CCc4ncnn4C3)nc2c1. The molecule has 1 aliphatic rings. The maximum Gasteiger partial charge on any atom is 0.209 e. The van der Waals surface area contributed by atoms with Gasteiger partial charge in [0.05, 0.1) is 13.1 Å². The molecule has 4 rings (SSSR count). The standard InChI is InChI=1S/C14H15N5O/c1-2-4-12-11(3-1)18-14(20-12)7-15-10-5-6-13-16-9-17-19(13)8-10/h1-4,9-10,15H,5-8H2/t10-/m1/s1. The van der Waals surface area contributed by atoms with Gasteiger partial charge in [0.25, 0.3) is 0 Å². The summed E-state index contributed by atoms with van der Waals surface area (Å²) in [6.45, 7) is 1.50. The Balaban J connectivity index is 1.43. The highest BCUT2D eigenvalue weighted by atomic mass is 16.3. The molecule has 20 heavy (non-hydrogen) atoms. The van der Waals surface area contributed by atoms with Crippen LogP contribution >= 0.6 is 0 Å². The summed E-state index contributed by atoms with van der Waals surface area (Å²) in [4.78, 5) is 8.70. The zero-order chi connectivity index (χ0) is 13.4. The predicted octanol–water partition coefficient (Wildman–Crippen LogP) is 1.52. The number of hydrogen-bond acceptors (Lipinski definition) is 5. The summed E-state index contributed by atoms with van der Waals surface area (Å²) < 4.78 is 7.67. The Morgan fingerprint density at radius 3 is 3.25 bits per heavy atom. The lowest BCUT2D eigenvalue weighted by molar-refractivity contribution is 0.344. The van der Waals surface area contributed by atoms with Crippen molar-refractivity contribution in [3.63, 3.8) is 0 Å². The van der Waals surface area contributed by atoms with Crippen LogP contribution in [0.4, 0.5) is 0 Å². The summed E-state index contributed by atoms with van der Waals surface area (Å²) in [6.07, 6.45) is 3.66. The molecule has 1 atom stereocenters. The van der Waals surface area contributed by atoms with Crippen molar-refractivity contribution in [2.75, 3.05) is 0 Å². The fraction of sp³-hybridized carbons (Fsp3) is 0.357. The molecule has 6 nitrogen and oxygen atoms in total. The van der Waals surface area contributed by atoms with Crippen LogP contribution in [0, 0.1) is 0 Å².